The maximum Gasteiger partial charge on any atom is 0.263 e. The SMILES string of the molecule is Cn1ccc2nc(S(C)=O)nc(NC(CO)CO)c2c1=O. The van der Waals surface area contributed by atoms with Gasteiger partial charge in [0.15, 0.2) is 0 Å². The van der Waals surface area contributed by atoms with Gasteiger partial charge in [-0.25, -0.2) is 9.97 Å². The fraction of sp³-hybridized carbons (Fsp3) is 0.417. The van der Waals surface area contributed by atoms with Gasteiger partial charge in [-0.3, -0.25) is 9.00 Å². The summed E-state index contributed by atoms with van der Waals surface area (Å²) in [5.41, 5.74) is 0.0356. The molecule has 0 radical (unpaired) electrons. The number of rotatable bonds is 5. The number of pyridine rings is 1. The summed E-state index contributed by atoms with van der Waals surface area (Å²) in [6, 6.07) is 0.943. The maximum atomic E-state index is 12.2. The molecular weight excluding hydrogens is 296 g/mol. The lowest BCUT2D eigenvalue weighted by molar-refractivity contribution is 0.203. The molecule has 0 spiro atoms. The van der Waals surface area contributed by atoms with E-state index in [-0.39, 0.29) is 35.1 Å². The number of fused-ring (bicyclic) bond motifs is 1. The lowest BCUT2D eigenvalue weighted by Crippen LogP contribution is -2.30. The Labute approximate surface area is 122 Å². The predicted molar refractivity (Wildman–Crippen MR) is 78.7 cm³/mol. The Balaban J connectivity index is 2.71. The van der Waals surface area contributed by atoms with Crippen LogP contribution in [-0.4, -0.2) is 54.5 Å². The molecule has 0 saturated heterocycles. The number of nitrogens with zero attached hydrogens (tertiary/aromatic N) is 3. The van der Waals surface area contributed by atoms with E-state index in [0.717, 1.165) is 0 Å². The van der Waals surface area contributed by atoms with Gasteiger partial charge in [0.25, 0.3) is 5.56 Å². The molecule has 2 rings (SSSR count). The van der Waals surface area contributed by atoms with E-state index in [1.54, 1.807) is 19.3 Å². The third-order valence-electron chi connectivity index (χ3n) is 2.95. The van der Waals surface area contributed by atoms with Crippen molar-refractivity contribution in [3.8, 4) is 0 Å². The minimum Gasteiger partial charge on any atom is -0.394 e. The summed E-state index contributed by atoms with van der Waals surface area (Å²) in [7, 11) is 0.168. The molecule has 2 aromatic rings. The summed E-state index contributed by atoms with van der Waals surface area (Å²) < 4.78 is 13.0. The lowest BCUT2D eigenvalue weighted by atomic mass is 10.2. The molecule has 0 aliphatic carbocycles. The number of aliphatic hydroxyl groups excluding tert-OH is 2. The summed E-state index contributed by atoms with van der Waals surface area (Å²) in [6.45, 7) is -0.667. The molecule has 1 atom stereocenters. The van der Waals surface area contributed by atoms with Crippen molar-refractivity contribution >= 4 is 27.5 Å². The Hall–Kier alpha value is -1.84. The summed E-state index contributed by atoms with van der Waals surface area (Å²) >= 11 is 0. The molecule has 0 bridgehead atoms. The Bertz CT molecular complexity index is 742. The highest BCUT2D eigenvalue weighted by molar-refractivity contribution is 7.84. The van der Waals surface area contributed by atoms with Crippen molar-refractivity contribution in [2.24, 2.45) is 7.05 Å². The average Bonchev–Trinajstić information content (AvgIpc) is 2.47. The molecule has 0 amide bonds. The summed E-state index contributed by atoms with van der Waals surface area (Å²) in [5, 5.41) is 21.4. The third kappa shape index (κ3) is 3.09. The summed E-state index contributed by atoms with van der Waals surface area (Å²) in [5.74, 6) is 0.152. The molecule has 0 aliphatic heterocycles. The molecule has 114 valence electrons. The van der Waals surface area contributed by atoms with Crippen molar-refractivity contribution in [2.75, 3.05) is 24.8 Å². The number of nitrogens with one attached hydrogen (secondary N) is 1. The highest BCUT2D eigenvalue weighted by Gasteiger charge is 2.16. The summed E-state index contributed by atoms with van der Waals surface area (Å²) in [6.07, 6.45) is 2.99. The number of anilines is 1. The largest absolute Gasteiger partial charge is 0.394 e. The van der Waals surface area contributed by atoms with Crippen molar-refractivity contribution < 1.29 is 14.4 Å². The highest BCUT2D eigenvalue weighted by Crippen LogP contribution is 2.18. The first-order chi connectivity index (χ1) is 9.97. The molecule has 0 aromatic carbocycles. The molecule has 3 N–H and O–H groups in total. The van der Waals surface area contributed by atoms with E-state index in [1.807, 2.05) is 0 Å². The smallest absolute Gasteiger partial charge is 0.263 e. The molecule has 1 unspecified atom stereocenters. The van der Waals surface area contributed by atoms with Gasteiger partial charge in [0.1, 0.15) is 11.2 Å². The van der Waals surface area contributed by atoms with E-state index in [2.05, 4.69) is 15.3 Å². The first-order valence-electron chi connectivity index (χ1n) is 6.17. The van der Waals surface area contributed by atoms with Crippen LogP contribution < -0.4 is 10.9 Å². The molecule has 9 heteroatoms. The Morgan fingerprint density at radius 2 is 2.05 bits per heavy atom. The lowest BCUT2D eigenvalue weighted by Gasteiger charge is -2.16. The van der Waals surface area contributed by atoms with Crippen LogP contribution in [-0.2, 0) is 17.8 Å². The van der Waals surface area contributed by atoms with Crippen LogP contribution in [0.2, 0.25) is 0 Å². The molecule has 21 heavy (non-hydrogen) atoms. The van der Waals surface area contributed by atoms with E-state index < -0.39 is 16.8 Å². The van der Waals surface area contributed by atoms with Crippen LogP contribution in [0.25, 0.3) is 10.9 Å². The highest BCUT2D eigenvalue weighted by atomic mass is 32.2. The van der Waals surface area contributed by atoms with Crippen LogP contribution >= 0.6 is 0 Å². The fourth-order valence-corrected chi connectivity index (χ4v) is 2.24. The van der Waals surface area contributed by atoms with Gasteiger partial charge in [-0.15, -0.1) is 0 Å². The van der Waals surface area contributed by atoms with Crippen LogP contribution in [0.15, 0.2) is 22.2 Å². The first kappa shape index (κ1) is 15.5. The van der Waals surface area contributed by atoms with Crippen LogP contribution in [0.1, 0.15) is 0 Å². The molecule has 2 aromatic heterocycles. The molecule has 0 fully saturated rings. The van der Waals surface area contributed by atoms with Crippen molar-refractivity contribution in [1.29, 1.82) is 0 Å². The number of aromatic nitrogens is 3. The summed E-state index contributed by atoms with van der Waals surface area (Å²) in [4.78, 5) is 20.4. The van der Waals surface area contributed by atoms with Gasteiger partial charge in [0.2, 0.25) is 5.16 Å². The molecule has 8 nitrogen and oxygen atoms in total. The van der Waals surface area contributed by atoms with E-state index in [0.29, 0.717) is 5.52 Å². The minimum absolute atomic E-state index is 0.0767. The number of hydrogen-bond donors (Lipinski definition) is 3. The Morgan fingerprint density at radius 3 is 2.62 bits per heavy atom. The zero-order valence-electron chi connectivity index (χ0n) is 11.6. The minimum atomic E-state index is -1.42. The van der Waals surface area contributed by atoms with Crippen LogP contribution in [0.3, 0.4) is 0 Å². The number of hydrogen-bond acceptors (Lipinski definition) is 7. The van der Waals surface area contributed by atoms with Gasteiger partial charge in [-0.05, 0) is 6.07 Å². The van der Waals surface area contributed by atoms with Gasteiger partial charge in [-0.1, -0.05) is 0 Å². The predicted octanol–water partition coefficient (Wildman–Crippen LogP) is -1.17. The zero-order valence-corrected chi connectivity index (χ0v) is 12.4. The average molecular weight is 312 g/mol. The second kappa shape index (κ2) is 6.29. The monoisotopic (exact) mass is 312 g/mol. The van der Waals surface area contributed by atoms with E-state index in [4.69, 9.17) is 10.2 Å². The fourth-order valence-electron chi connectivity index (χ4n) is 1.79. The maximum absolute atomic E-state index is 12.2. The topological polar surface area (TPSA) is 117 Å². The van der Waals surface area contributed by atoms with Gasteiger partial charge < -0.3 is 20.1 Å². The molecule has 2 heterocycles. The van der Waals surface area contributed by atoms with Crippen molar-refractivity contribution in [3.05, 3.63) is 22.6 Å². The van der Waals surface area contributed by atoms with Crippen molar-refractivity contribution in [2.45, 2.75) is 11.2 Å². The van der Waals surface area contributed by atoms with E-state index >= 15 is 0 Å². The van der Waals surface area contributed by atoms with Gasteiger partial charge in [0, 0.05) is 19.5 Å². The molecule has 0 aliphatic rings. The second-order valence-corrected chi connectivity index (χ2v) is 5.78. The Morgan fingerprint density at radius 1 is 1.38 bits per heavy atom. The zero-order chi connectivity index (χ0) is 15.6. The van der Waals surface area contributed by atoms with E-state index in [1.165, 1.54) is 10.8 Å². The molecular formula is C12H16N4O4S. The quantitative estimate of drug-likeness (QED) is 0.596. The number of aryl methyl sites for hydroxylation is 1. The van der Waals surface area contributed by atoms with Crippen molar-refractivity contribution in [1.82, 2.24) is 14.5 Å². The third-order valence-corrected chi connectivity index (χ3v) is 3.64. The number of aliphatic hydroxyl groups is 2. The van der Waals surface area contributed by atoms with Gasteiger partial charge in [0.05, 0.1) is 35.6 Å². The molecule has 0 saturated carbocycles. The second-order valence-electron chi connectivity index (χ2n) is 4.51. The normalized spacial score (nSPS) is 12.8. The van der Waals surface area contributed by atoms with Crippen LogP contribution in [0, 0.1) is 0 Å². The first-order valence-corrected chi connectivity index (χ1v) is 7.72. The van der Waals surface area contributed by atoms with Crippen LogP contribution in [0.4, 0.5) is 5.82 Å². The van der Waals surface area contributed by atoms with Gasteiger partial charge in [-0.2, -0.15) is 0 Å². The van der Waals surface area contributed by atoms with E-state index in [9.17, 15) is 9.00 Å². The standard InChI is InChI=1S/C12H16N4O4S/c1-16-4-3-8-9(11(16)19)10(13-7(5-17)6-18)15-12(14-8)21(2)20/h3-4,7,17-18H,5-6H2,1-2H3,(H,13,14,15). The Kier molecular flexibility index (Phi) is 4.66. The van der Waals surface area contributed by atoms with Crippen LogP contribution in [0.5, 0.6) is 0 Å². The van der Waals surface area contributed by atoms with Gasteiger partial charge >= 0.3 is 0 Å². The van der Waals surface area contributed by atoms with Crippen molar-refractivity contribution in [3.63, 3.8) is 0 Å².